The van der Waals surface area contributed by atoms with Crippen LogP contribution in [0.15, 0.2) is 60.7 Å². The minimum atomic E-state index is 0. The predicted octanol–water partition coefficient (Wildman–Crippen LogP) is 5.52. The first-order chi connectivity index (χ1) is 17.5. The molecule has 2 saturated carbocycles. The molecule has 1 aliphatic heterocycles. The molecule has 1 amide bonds. The highest BCUT2D eigenvalue weighted by Gasteiger charge is 2.68. The molecule has 5 heteroatoms. The lowest BCUT2D eigenvalue weighted by atomic mass is 9.45. The van der Waals surface area contributed by atoms with Gasteiger partial charge in [-0.3, -0.25) is 9.69 Å². The Bertz CT molecular complexity index is 1210. The highest BCUT2D eigenvalue weighted by molar-refractivity contribution is 5.85. The summed E-state index contributed by atoms with van der Waals surface area (Å²) in [7, 11) is 2.04. The van der Waals surface area contributed by atoms with Crippen LogP contribution in [0.3, 0.4) is 0 Å². The second-order valence-corrected chi connectivity index (χ2v) is 12.4. The molecule has 1 N–H and O–H groups in total. The molecule has 1 saturated heterocycles. The summed E-state index contributed by atoms with van der Waals surface area (Å²) in [6.07, 6.45) is 13.5. The van der Waals surface area contributed by atoms with Gasteiger partial charge in [0.25, 0.3) is 0 Å². The Morgan fingerprint density at radius 3 is 2.70 bits per heavy atom. The van der Waals surface area contributed by atoms with Crippen molar-refractivity contribution < 1.29 is 9.90 Å². The number of hydrogen-bond donors (Lipinski definition) is 1. The average molecular weight is 519 g/mol. The molecule has 1 spiro atoms. The normalized spacial score (nSPS) is 33.3. The van der Waals surface area contributed by atoms with Crippen molar-refractivity contribution in [2.75, 3.05) is 20.1 Å². The highest BCUT2D eigenvalue weighted by atomic mass is 35.5. The van der Waals surface area contributed by atoms with Crippen LogP contribution in [0.1, 0.15) is 55.2 Å². The van der Waals surface area contributed by atoms with E-state index in [4.69, 9.17) is 0 Å². The summed E-state index contributed by atoms with van der Waals surface area (Å²) < 4.78 is 0. The molecular formula is C32H39ClN2O2. The number of aryl methyl sites for hydroxylation is 1. The van der Waals surface area contributed by atoms with Crippen LogP contribution in [-0.2, 0) is 23.1 Å². The lowest BCUT2D eigenvalue weighted by molar-refractivity contribution is -0.140. The van der Waals surface area contributed by atoms with E-state index in [-0.39, 0.29) is 35.2 Å². The maximum absolute atomic E-state index is 13.5. The van der Waals surface area contributed by atoms with Crippen LogP contribution in [0, 0.1) is 17.3 Å². The number of nitrogens with zero attached hydrogens (tertiary/aromatic N) is 2. The second kappa shape index (κ2) is 9.17. The van der Waals surface area contributed by atoms with E-state index >= 15 is 0 Å². The maximum atomic E-state index is 13.5. The monoisotopic (exact) mass is 518 g/mol. The number of halogens is 1. The van der Waals surface area contributed by atoms with Gasteiger partial charge >= 0.3 is 0 Å². The lowest BCUT2D eigenvalue weighted by Crippen LogP contribution is -2.68. The Labute approximate surface area is 227 Å². The number of phenols is 1. The first-order valence-corrected chi connectivity index (χ1v) is 14.0. The lowest BCUT2D eigenvalue weighted by Gasteiger charge is -2.65. The largest absolute Gasteiger partial charge is 0.508 e. The van der Waals surface area contributed by atoms with E-state index in [0.29, 0.717) is 24.1 Å². The van der Waals surface area contributed by atoms with E-state index in [1.54, 1.807) is 0 Å². The van der Waals surface area contributed by atoms with Gasteiger partial charge in [-0.1, -0.05) is 48.6 Å². The van der Waals surface area contributed by atoms with Gasteiger partial charge in [0.2, 0.25) is 5.91 Å². The molecule has 2 aromatic carbocycles. The van der Waals surface area contributed by atoms with Gasteiger partial charge in [-0.15, -0.1) is 12.4 Å². The van der Waals surface area contributed by atoms with Crippen LogP contribution < -0.4 is 0 Å². The van der Waals surface area contributed by atoms with Gasteiger partial charge in [-0.05, 0) is 92.1 Å². The fourth-order valence-corrected chi connectivity index (χ4v) is 8.67. The van der Waals surface area contributed by atoms with Crippen molar-refractivity contribution in [3.8, 4) is 5.75 Å². The van der Waals surface area contributed by atoms with Gasteiger partial charge < -0.3 is 10.0 Å². The summed E-state index contributed by atoms with van der Waals surface area (Å²) in [6, 6.07) is 17.2. The van der Waals surface area contributed by atoms with E-state index in [0.717, 1.165) is 44.6 Å². The molecule has 3 fully saturated rings. The van der Waals surface area contributed by atoms with Gasteiger partial charge in [0, 0.05) is 42.9 Å². The summed E-state index contributed by atoms with van der Waals surface area (Å²) in [5, 5.41) is 10.5. The van der Waals surface area contributed by atoms with Gasteiger partial charge in [0.1, 0.15) is 5.75 Å². The van der Waals surface area contributed by atoms with Crippen molar-refractivity contribution in [3.05, 3.63) is 77.4 Å². The third kappa shape index (κ3) is 3.86. The van der Waals surface area contributed by atoms with Crippen molar-refractivity contribution in [3.63, 3.8) is 0 Å². The number of piperidine rings is 1. The molecule has 0 unspecified atom stereocenters. The van der Waals surface area contributed by atoms with Crippen molar-refractivity contribution in [1.29, 1.82) is 0 Å². The van der Waals surface area contributed by atoms with Gasteiger partial charge in [0.15, 0.2) is 0 Å². The Kier molecular flexibility index (Phi) is 6.19. The van der Waals surface area contributed by atoms with Crippen LogP contribution in [0.25, 0.3) is 0 Å². The topological polar surface area (TPSA) is 43.8 Å². The molecule has 2 aromatic rings. The number of carbonyl (C=O) groups is 1. The minimum absolute atomic E-state index is 0. The van der Waals surface area contributed by atoms with E-state index in [1.807, 2.05) is 19.2 Å². The number of benzene rings is 2. The number of rotatable bonds is 6. The zero-order chi connectivity index (χ0) is 24.5. The van der Waals surface area contributed by atoms with Crippen molar-refractivity contribution >= 4 is 18.3 Å². The minimum Gasteiger partial charge on any atom is -0.508 e. The molecule has 5 atom stereocenters. The fraction of sp³-hybridized carbons (Fsp3) is 0.531. The number of hydrogen-bond acceptors (Lipinski definition) is 3. The van der Waals surface area contributed by atoms with Crippen molar-refractivity contribution in [2.24, 2.45) is 17.3 Å². The zero-order valence-electron chi connectivity index (χ0n) is 21.8. The number of likely N-dealkylation sites (tertiary alicyclic amines) is 1. The quantitative estimate of drug-likeness (QED) is 0.512. The number of amides is 1. The molecule has 1 heterocycles. The third-order valence-electron chi connectivity index (χ3n) is 10.6. The van der Waals surface area contributed by atoms with Crippen LogP contribution in [0.2, 0.25) is 0 Å². The van der Waals surface area contributed by atoms with Crippen LogP contribution in [-0.4, -0.2) is 53.0 Å². The average Bonchev–Trinajstić information content (AvgIpc) is 3.67. The summed E-state index contributed by atoms with van der Waals surface area (Å²) in [5.41, 5.74) is 4.25. The standard InChI is InChI=1S/C32H38N2O2.ClH/c1-33(30(36)14-9-22-5-3-2-4-6-22)28-20-31-15-16-34(21-23-7-8-23)29-13-11-25(28)19-32(29,31)18-24-10-12-26(35)17-27(24)31;/h2-6,10-13,17,23,25,28-29,35H,7-9,14-16,18-21H2,1H3;1H/t25-,28-,29+,31-,32-;/m1./s1. The molecule has 4 nitrogen and oxygen atoms in total. The summed E-state index contributed by atoms with van der Waals surface area (Å²) >= 11 is 0. The van der Waals surface area contributed by atoms with E-state index in [1.165, 1.54) is 36.1 Å². The molecule has 2 bridgehead atoms. The van der Waals surface area contributed by atoms with Crippen molar-refractivity contribution in [2.45, 2.75) is 68.9 Å². The summed E-state index contributed by atoms with van der Waals surface area (Å²) in [4.78, 5) is 18.4. The Hall–Kier alpha value is -2.30. The number of fused-ring (bicyclic) bond motifs is 2. The van der Waals surface area contributed by atoms with E-state index < -0.39 is 0 Å². The van der Waals surface area contributed by atoms with Gasteiger partial charge in [-0.25, -0.2) is 0 Å². The Morgan fingerprint density at radius 1 is 1.11 bits per heavy atom. The summed E-state index contributed by atoms with van der Waals surface area (Å²) in [6.45, 7) is 2.35. The zero-order valence-corrected chi connectivity index (χ0v) is 22.6. The molecule has 7 rings (SSSR count). The molecule has 0 radical (unpaired) electrons. The summed E-state index contributed by atoms with van der Waals surface area (Å²) in [5.74, 6) is 1.93. The Balaban J connectivity index is 0.00000252. The number of phenolic OH excluding ortho intramolecular Hbond substituents is 1. The first kappa shape index (κ1) is 25.0. The van der Waals surface area contributed by atoms with Gasteiger partial charge in [-0.2, -0.15) is 0 Å². The second-order valence-electron chi connectivity index (χ2n) is 12.4. The van der Waals surface area contributed by atoms with Crippen LogP contribution in [0.4, 0.5) is 0 Å². The third-order valence-corrected chi connectivity index (χ3v) is 10.6. The van der Waals surface area contributed by atoms with Crippen molar-refractivity contribution in [1.82, 2.24) is 9.80 Å². The SMILES string of the molecule is CN(C(=O)CCc1ccccc1)[C@@H]1C[C@@]23CCN(CC4CC4)[C@H]4C=C[C@@H]1C[C@]42Cc1ccc(O)cc13.Cl. The van der Waals surface area contributed by atoms with E-state index in [2.05, 4.69) is 58.4 Å². The predicted molar refractivity (Wildman–Crippen MR) is 149 cm³/mol. The van der Waals surface area contributed by atoms with Crippen LogP contribution >= 0.6 is 12.4 Å². The molecule has 196 valence electrons. The molecule has 0 aromatic heterocycles. The highest BCUT2D eigenvalue weighted by Crippen LogP contribution is 2.68. The molecule has 4 aliphatic carbocycles. The fourth-order valence-electron chi connectivity index (χ4n) is 8.67. The Morgan fingerprint density at radius 2 is 1.92 bits per heavy atom. The first-order valence-electron chi connectivity index (χ1n) is 14.0. The van der Waals surface area contributed by atoms with E-state index in [9.17, 15) is 9.90 Å². The molecule has 5 aliphatic rings. The number of carbonyl (C=O) groups excluding carboxylic acids is 1. The van der Waals surface area contributed by atoms with Gasteiger partial charge in [0.05, 0.1) is 0 Å². The maximum Gasteiger partial charge on any atom is 0.222 e. The molecule has 37 heavy (non-hydrogen) atoms. The molecular weight excluding hydrogens is 480 g/mol. The smallest absolute Gasteiger partial charge is 0.222 e. The number of aromatic hydroxyl groups is 1. The van der Waals surface area contributed by atoms with Crippen LogP contribution in [0.5, 0.6) is 5.75 Å².